The van der Waals surface area contributed by atoms with Gasteiger partial charge in [-0.3, -0.25) is 9.69 Å². The fourth-order valence-corrected chi connectivity index (χ4v) is 4.21. The number of hydrogen-bond acceptors (Lipinski definition) is 5. The summed E-state index contributed by atoms with van der Waals surface area (Å²) in [5, 5.41) is 7.12. The van der Waals surface area contributed by atoms with Crippen molar-refractivity contribution in [2.45, 2.75) is 50.6 Å². The second-order valence-electron chi connectivity index (χ2n) is 7.54. The van der Waals surface area contributed by atoms with Crippen molar-refractivity contribution in [3.63, 3.8) is 0 Å². The molecule has 3 aliphatic heterocycles. The highest BCUT2D eigenvalue weighted by Gasteiger charge is 2.43. The third-order valence-electron chi connectivity index (χ3n) is 5.56. The normalized spacial score (nSPS) is 27.3. The number of carbonyl (C=O) groups is 2. The maximum atomic E-state index is 12.8. The molecule has 0 radical (unpaired) electrons. The molecule has 7 nitrogen and oxygen atoms in total. The first-order valence-corrected chi connectivity index (χ1v) is 9.72. The van der Waals surface area contributed by atoms with Crippen LogP contribution >= 0.6 is 0 Å². The van der Waals surface area contributed by atoms with Gasteiger partial charge in [0, 0.05) is 32.3 Å². The van der Waals surface area contributed by atoms with Gasteiger partial charge in [0.25, 0.3) is 0 Å². The molecule has 0 aromatic carbocycles. The van der Waals surface area contributed by atoms with E-state index in [1.54, 1.807) is 6.26 Å². The van der Waals surface area contributed by atoms with Gasteiger partial charge < -0.3 is 19.2 Å². The number of alkyl halides is 3. The highest BCUT2D eigenvalue weighted by molar-refractivity contribution is 5.79. The Balaban J connectivity index is 0.000000298. The monoisotopic (exact) mass is 418 g/mol. The average Bonchev–Trinajstić information content (AvgIpc) is 3.42. The summed E-state index contributed by atoms with van der Waals surface area (Å²) in [4.78, 5) is 26.1. The van der Waals surface area contributed by atoms with E-state index in [4.69, 9.17) is 19.1 Å². The number of nitrogens with zero attached hydrogens (tertiary/aromatic N) is 2. The molecule has 0 aliphatic carbocycles. The van der Waals surface area contributed by atoms with Crippen LogP contribution in [0.2, 0.25) is 0 Å². The Labute approximate surface area is 166 Å². The van der Waals surface area contributed by atoms with Gasteiger partial charge in [0.15, 0.2) is 0 Å². The predicted molar refractivity (Wildman–Crippen MR) is 94.9 cm³/mol. The average molecular weight is 418 g/mol. The van der Waals surface area contributed by atoms with Crippen molar-refractivity contribution < 1.29 is 37.0 Å². The number of carboxylic acid groups (broad SMARTS) is 1. The zero-order valence-corrected chi connectivity index (χ0v) is 15.9. The summed E-state index contributed by atoms with van der Waals surface area (Å²) in [6, 6.07) is 4.37. The highest BCUT2D eigenvalue weighted by atomic mass is 19.4. The number of ether oxygens (including phenoxy) is 1. The van der Waals surface area contributed by atoms with Gasteiger partial charge in [-0.1, -0.05) is 0 Å². The summed E-state index contributed by atoms with van der Waals surface area (Å²) >= 11 is 0. The van der Waals surface area contributed by atoms with Crippen LogP contribution in [0.3, 0.4) is 0 Å². The Morgan fingerprint density at radius 1 is 1.24 bits per heavy atom. The number of amides is 1. The van der Waals surface area contributed by atoms with Crippen LogP contribution in [0.25, 0.3) is 0 Å². The molecule has 0 bridgehead atoms. The number of carboxylic acids is 1. The van der Waals surface area contributed by atoms with E-state index in [9.17, 15) is 18.0 Å². The van der Waals surface area contributed by atoms with Gasteiger partial charge in [-0.15, -0.1) is 0 Å². The predicted octanol–water partition coefficient (Wildman–Crippen LogP) is 2.51. The van der Waals surface area contributed by atoms with Crippen molar-refractivity contribution in [2.75, 3.05) is 26.2 Å². The number of carbonyl (C=O) groups excluding carboxylic acids is 1. The van der Waals surface area contributed by atoms with E-state index in [0.29, 0.717) is 11.9 Å². The summed E-state index contributed by atoms with van der Waals surface area (Å²) in [5.41, 5.74) is 0. The van der Waals surface area contributed by atoms with E-state index in [-0.39, 0.29) is 12.0 Å². The van der Waals surface area contributed by atoms with E-state index in [1.807, 2.05) is 17.0 Å². The third kappa shape index (κ3) is 5.51. The van der Waals surface area contributed by atoms with Gasteiger partial charge in [0.2, 0.25) is 5.91 Å². The quantitative estimate of drug-likeness (QED) is 0.812. The third-order valence-corrected chi connectivity index (χ3v) is 5.56. The number of rotatable bonds is 3. The molecule has 0 saturated carbocycles. The minimum atomic E-state index is -5.08. The van der Waals surface area contributed by atoms with Crippen molar-refractivity contribution in [1.29, 1.82) is 0 Å². The van der Waals surface area contributed by atoms with Crippen LogP contribution in [0.1, 0.15) is 31.4 Å². The summed E-state index contributed by atoms with van der Waals surface area (Å²) in [7, 11) is 0. The van der Waals surface area contributed by atoms with Crippen LogP contribution in [-0.2, 0) is 20.9 Å². The lowest BCUT2D eigenvalue weighted by Crippen LogP contribution is -2.52. The lowest BCUT2D eigenvalue weighted by molar-refractivity contribution is -0.192. The van der Waals surface area contributed by atoms with Crippen molar-refractivity contribution in [3.05, 3.63) is 24.2 Å². The van der Waals surface area contributed by atoms with Gasteiger partial charge in [-0.2, -0.15) is 13.2 Å². The maximum Gasteiger partial charge on any atom is 0.490 e. The molecule has 29 heavy (non-hydrogen) atoms. The molecule has 162 valence electrons. The number of hydrogen-bond donors (Lipinski definition) is 1. The summed E-state index contributed by atoms with van der Waals surface area (Å²) in [6.07, 6.45) is 1.09. The van der Waals surface area contributed by atoms with Gasteiger partial charge in [-0.05, 0) is 37.8 Å². The second-order valence-corrected chi connectivity index (χ2v) is 7.54. The zero-order chi connectivity index (χ0) is 21.0. The minimum Gasteiger partial charge on any atom is -0.475 e. The molecular weight excluding hydrogens is 393 g/mol. The van der Waals surface area contributed by atoms with Gasteiger partial charge >= 0.3 is 12.1 Å². The van der Waals surface area contributed by atoms with Crippen LogP contribution in [0.5, 0.6) is 0 Å². The molecular formula is C19H25F3N2O5. The molecule has 0 unspecified atom stereocenters. The molecule has 10 heteroatoms. The molecule has 4 heterocycles. The van der Waals surface area contributed by atoms with Gasteiger partial charge in [0.05, 0.1) is 24.8 Å². The first kappa shape index (κ1) is 21.6. The smallest absolute Gasteiger partial charge is 0.475 e. The maximum absolute atomic E-state index is 12.8. The number of furan rings is 1. The molecule has 1 aromatic heterocycles. The molecule has 1 N–H and O–H groups in total. The Kier molecular flexibility index (Phi) is 6.84. The molecule has 1 amide bonds. The van der Waals surface area contributed by atoms with E-state index >= 15 is 0 Å². The number of piperidine rings is 1. The molecule has 3 atom stereocenters. The molecule has 3 aliphatic rings. The molecule has 3 saturated heterocycles. The van der Waals surface area contributed by atoms with Crippen molar-refractivity contribution in [1.82, 2.24) is 9.80 Å². The fraction of sp³-hybridized carbons (Fsp3) is 0.684. The van der Waals surface area contributed by atoms with Crippen LogP contribution in [0.4, 0.5) is 13.2 Å². The van der Waals surface area contributed by atoms with Crippen LogP contribution in [0.15, 0.2) is 22.8 Å². The number of likely N-dealkylation sites (tertiary alicyclic amines) is 2. The first-order chi connectivity index (χ1) is 13.8. The second kappa shape index (κ2) is 9.17. The Morgan fingerprint density at radius 2 is 1.93 bits per heavy atom. The number of fused-ring (bicyclic) bond motifs is 1. The largest absolute Gasteiger partial charge is 0.490 e. The first-order valence-electron chi connectivity index (χ1n) is 9.72. The fourth-order valence-electron chi connectivity index (χ4n) is 4.21. The topological polar surface area (TPSA) is 83.2 Å². The van der Waals surface area contributed by atoms with E-state index in [2.05, 4.69) is 4.90 Å². The Morgan fingerprint density at radius 3 is 2.52 bits per heavy atom. The van der Waals surface area contributed by atoms with Crippen LogP contribution in [-0.4, -0.2) is 71.3 Å². The standard InChI is InChI=1S/C17H24N2O3.C2HF3O2/c20-17(18-6-1-2-7-18)13-10-16-15(5-9-22-16)19(11-13)12-14-4-3-8-21-14;3-2(4,5)1(6)7/h3-4,8,13,15-16H,1-2,5-7,9-12H2;(H,6,7)/t13-,15+,16+;/m0./s1. The van der Waals surface area contributed by atoms with Crippen molar-refractivity contribution >= 4 is 11.9 Å². The van der Waals surface area contributed by atoms with Gasteiger partial charge in [-0.25, -0.2) is 4.79 Å². The molecule has 0 spiro atoms. The highest BCUT2D eigenvalue weighted by Crippen LogP contribution is 2.33. The molecule has 3 fully saturated rings. The van der Waals surface area contributed by atoms with E-state index in [1.165, 1.54) is 0 Å². The zero-order valence-electron chi connectivity index (χ0n) is 15.9. The van der Waals surface area contributed by atoms with Crippen LogP contribution in [0, 0.1) is 5.92 Å². The lowest BCUT2D eigenvalue weighted by Gasteiger charge is -2.40. The minimum absolute atomic E-state index is 0.0763. The Hall–Kier alpha value is -2.07. The lowest BCUT2D eigenvalue weighted by atomic mass is 9.89. The van der Waals surface area contributed by atoms with E-state index in [0.717, 1.165) is 64.2 Å². The van der Waals surface area contributed by atoms with E-state index < -0.39 is 12.1 Å². The summed E-state index contributed by atoms with van der Waals surface area (Å²) in [5.74, 6) is -1.38. The van der Waals surface area contributed by atoms with Crippen LogP contribution < -0.4 is 0 Å². The summed E-state index contributed by atoms with van der Waals surface area (Å²) < 4.78 is 43.1. The SMILES string of the molecule is O=C(O)C(F)(F)F.O=C([C@H]1C[C@H]2OCC[C@H]2N(Cc2ccco2)C1)N1CCCC1. The van der Waals surface area contributed by atoms with Crippen molar-refractivity contribution in [3.8, 4) is 0 Å². The molecule has 4 rings (SSSR count). The van der Waals surface area contributed by atoms with Crippen molar-refractivity contribution in [2.24, 2.45) is 5.92 Å². The van der Waals surface area contributed by atoms with Gasteiger partial charge in [0.1, 0.15) is 5.76 Å². The molecule has 1 aromatic rings. The number of aliphatic carboxylic acids is 1. The Bertz CT molecular complexity index is 689. The number of halogens is 3. The summed E-state index contributed by atoms with van der Waals surface area (Å²) in [6.45, 7) is 4.29.